The van der Waals surface area contributed by atoms with Crippen LogP contribution in [0.2, 0.25) is 0 Å². The first kappa shape index (κ1) is 11.6. The Labute approximate surface area is 110 Å². The number of hydrogen-bond donors (Lipinski definition) is 1. The van der Waals surface area contributed by atoms with E-state index >= 15 is 0 Å². The van der Waals surface area contributed by atoms with Crippen molar-refractivity contribution in [3.8, 4) is 0 Å². The van der Waals surface area contributed by atoms with Gasteiger partial charge in [-0.15, -0.1) is 0 Å². The molecule has 0 radical (unpaired) electrons. The van der Waals surface area contributed by atoms with Crippen molar-refractivity contribution in [1.29, 1.82) is 0 Å². The third-order valence-electron chi connectivity index (χ3n) is 2.62. The summed E-state index contributed by atoms with van der Waals surface area (Å²) in [5.74, 6) is 0. The molecule has 1 nitrogen and oxygen atoms in total. The molecule has 82 valence electrons. The molecule has 1 atom stereocenters. The summed E-state index contributed by atoms with van der Waals surface area (Å²) in [6.45, 7) is 0. The molecule has 0 heterocycles. The quantitative estimate of drug-likeness (QED) is 0.851. The molecule has 2 rings (SSSR count). The Bertz CT molecular complexity index is 436. The highest BCUT2D eigenvalue weighted by Crippen LogP contribution is 2.21. The molecule has 16 heavy (non-hydrogen) atoms. The van der Waals surface area contributed by atoms with E-state index < -0.39 is 0 Å². The topological polar surface area (TPSA) is 12.0 Å². The van der Waals surface area contributed by atoms with Crippen LogP contribution in [0.1, 0.15) is 17.2 Å². The minimum Gasteiger partial charge on any atom is -0.309 e. The number of halogens is 1. The molecular formula is C14H14IN. The molecule has 0 amide bonds. The minimum atomic E-state index is 0.276. The Morgan fingerprint density at radius 3 is 2.00 bits per heavy atom. The summed E-state index contributed by atoms with van der Waals surface area (Å²) in [5.41, 5.74) is 2.60. The first-order chi connectivity index (χ1) is 7.81. The maximum atomic E-state index is 3.35. The first-order valence-electron chi connectivity index (χ1n) is 5.29. The van der Waals surface area contributed by atoms with E-state index in [9.17, 15) is 0 Å². The van der Waals surface area contributed by atoms with Crippen LogP contribution in [0.25, 0.3) is 0 Å². The van der Waals surface area contributed by atoms with Crippen LogP contribution in [0, 0.1) is 3.57 Å². The van der Waals surface area contributed by atoms with Gasteiger partial charge in [-0.05, 0) is 52.9 Å². The largest absolute Gasteiger partial charge is 0.309 e. The molecule has 0 spiro atoms. The minimum absolute atomic E-state index is 0.276. The van der Waals surface area contributed by atoms with Gasteiger partial charge >= 0.3 is 0 Å². The Morgan fingerprint density at radius 2 is 1.44 bits per heavy atom. The van der Waals surface area contributed by atoms with Crippen molar-refractivity contribution >= 4 is 22.6 Å². The van der Waals surface area contributed by atoms with Gasteiger partial charge in [-0.1, -0.05) is 42.5 Å². The fraction of sp³-hybridized carbons (Fsp3) is 0.143. The molecule has 1 N–H and O–H groups in total. The van der Waals surface area contributed by atoms with Crippen LogP contribution in [-0.4, -0.2) is 7.05 Å². The molecule has 2 aromatic carbocycles. The van der Waals surface area contributed by atoms with E-state index in [0.717, 1.165) is 0 Å². The summed E-state index contributed by atoms with van der Waals surface area (Å²) in [6.07, 6.45) is 0. The lowest BCUT2D eigenvalue weighted by Gasteiger charge is -2.17. The first-order valence-corrected chi connectivity index (χ1v) is 6.37. The van der Waals surface area contributed by atoms with Gasteiger partial charge in [-0.3, -0.25) is 0 Å². The molecule has 0 aromatic heterocycles. The zero-order valence-corrected chi connectivity index (χ0v) is 11.3. The molecule has 0 fully saturated rings. The van der Waals surface area contributed by atoms with E-state index in [1.807, 2.05) is 13.1 Å². The predicted octanol–water partition coefficient (Wildman–Crippen LogP) is 3.60. The van der Waals surface area contributed by atoms with Crippen molar-refractivity contribution in [2.45, 2.75) is 6.04 Å². The van der Waals surface area contributed by atoms with Crippen LogP contribution in [0.4, 0.5) is 0 Å². The summed E-state index contributed by atoms with van der Waals surface area (Å²) in [7, 11) is 2.00. The lowest BCUT2D eigenvalue weighted by Crippen LogP contribution is -2.17. The Balaban J connectivity index is 2.33. The number of rotatable bonds is 3. The predicted molar refractivity (Wildman–Crippen MR) is 76.5 cm³/mol. The van der Waals surface area contributed by atoms with Crippen LogP contribution in [0.3, 0.4) is 0 Å². The van der Waals surface area contributed by atoms with Crippen LogP contribution in [-0.2, 0) is 0 Å². The van der Waals surface area contributed by atoms with E-state index in [4.69, 9.17) is 0 Å². The second-order valence-electron chi connectivity index (χ2n) is 3.68. The van der Waals surface area contributed by atoms with Crippen molar-refractivity contribution in [3.05, 3.63) is 69.3 Å². The third-order valence-corrected chi connectivity index (χ3v) is 3.34. The standard InChI is InChI=1S/C14H14IN/c1-16-14(11-5-3-2-4-6-11)12-7-9-13(15)10-8-12/h2-10,14,16H,1H3. The third kappa shape index (κ3) is 2.62. The van der Waals surface area contributed by atoms with Crippen LogP contribution >= 0.6 is 22.6 Å². The molecule has 0 bridgehead atoms. The highest BCUT2D eigenvalue weighted by atomic mass is 127. The highest BCUT2D eigenvalue weighted by Gasteiger charge is 2.10. The van der Waals surface area contributed by atoms with Gasteiger partial charge < -0.3 is 5.32 Å². The van der Waals surface area contributed by atoms with E-state index in [2.05, 4.69) is 76.4 Å². The molecule has 0 saturated carbocycles. The van der Waals surface area contributed by atoms with Crippen molar-refractivity contribution in [2.24, 2.45) is 0 Å². The average molecular weight is 323 g/mol. The van der Waals surface area contributed by atoms with Gasteiger partial charge in [0.15, 0.2) is 0 Å². The Morgan fingerprint density at radius 1 is 0.875 bits per heavy atom. The molecule has 0 aliphatic heterocycles. The number of nitrogens with one attached hydrogen (secondary N) is 1. The van der Waals surface area contributed by atoms with E-state index in [1.54, 1.807) is 0 Å². The zero-order chi connectivity index (χ0) is 11.4. The van der Waals surface area contributed by atoms with Crippen LogP contribution in [0.5, 0.6) is 0 Å². The van der Waals surface area contributed by atoms with Crippen LogP contribution < -0.4 is 5.32 Å². The van der Waals surface area contributed by atoms with Gasteiger partial charge in [0.05, 0.1) is 6.04 Å². The lowest BCUT2D eigenvalue weighted by molar-refractivity contribution is 0.692. The fourth-order valence-electron chi connectivity index (χ4n) is 1.83. The van der Waals surface area contributed by atoms with Crippen LogP contribution in [0.15, 0.2) is 54.6 Å². The van der Waals surface area contributed by atoms with E-state index in [1.165, 1.54) is 14.7 Å². The number of benzene rings is 2. The van der Waals surface area contributed by atoms with Crippen molar-refractivity contribution in [2.75, 3.05) is 7.05 Å². The maximum Gasteiger partial charge on any atom is 0.0574 e. The van der Waals surface area contributed by atoms with Gasteiger partial charge in [0, 0.05) is 3.57 Å². The average Bonchev–Trinajstić information content (AvgIpc) is 2.34. The van der Waals surface area contributed by atoms with Crippen molar-refractivity contribution in [3.63, 3.8) is 0 Å². The second-order valence-corrected chi connectivity index (χ2v) is 4.93. The monoisotopic (exact) mass is 323 g/mol. The van der Waals surface area contributed by atoms with Crippen molar-refractivity contribution < 1.29 is 0 Å². The van der Waals surface area contributed by atoms with E-state index in [-0.39, 0.29) is 6.04 Å². The van der Waals surface area contributed by atoms with Gasteiger partial charge in [0.25, 0.3) is 0 Å². The number of hydrogen-bond acceptors (Lipinski definition) is 1. The molecule has 0 aliphatic carbocycles. The lowest BCUT2D eigenvalue weighted by atomic mass is 9.99. The normalized spacial score (nSPS) is 12.4. The SMILES string of the molecule is CNC(c1ccccc1)c1ccc(I)cc1. The smallest absolute Gasteiger partial charge is 0.0574 e. The fourth-order valence-corrected chi connectivity index (χ4v) is 2.19. The second kappa shape index (κ2) is 5.46. The van der Waals surface area contributed by atoms with Gasteiger partial charge in [0.2, 0.25) is 0 Å². The summed E-state index contributed by atoms with van der Waals surface area (Å²) in [4.78, 5) is 0. The van der Waals surface area contributed by atoms with E-state index in [0.29, 0.717) is 0 Å². The molecule has 2 heteroatoms. The zero-order valence-electron chi connectivity index (χ0n) is 9.15. The molecular weight excluding hydrogens is 309 g/mol. The Kier molecular flexibility index (Phi) is 3.96. The summed E-state index contributed by atoms with van der Waals surface area (Å²) in [6, 6.07) is 19.4. The van der Waals surface area contributed by atoms with Gasteiger partial charge in [-0.25, -0.2) is 0 Å². The van der Waals surface area contributed by atoms with Gasteiger partial charge in [0.1, 0.15) is 0 Å². The molecule has 0 saturated heterocycles. The summed E-state index contributed by atoms with van der Waals surface area (Å²) >= 11 is 2.33. The Hall–Kier alpha value is -0.870. The molecule has 0 aliphatic rings. The molecule has 1 unspecified atom stereocenters. The maximum absolute atomic E-state index is 3.35. The highest BCUT2D eigenvalue weighted by molar-refractivity contribution is 14.1. The summed E-state index contributed by atoms with van der Waals surface area (Å²) < 4.78 is 1.27. The molecule has 2 aromatic rings. The summed E-state index contributed by atoms with van der Waals surface area (Å²) in [5, 5.41) is 3.35. The van der Waals surface area contributed by atoms with Gasteiger partial charge in [-0.2, -0.15) is 0 Å². The van der Waals surface area contributed by atoms with Crippen molar-refractivity contribution in [1.82, 2.24) is 5.32 Å².